The number of hydrogen-bond acceptors (Lipinski definition) is 10. The minimum atomic E-state index is -1.91. The maximum atomic E-state index is 12.7. The van der Waals surface area contributed by atoms with E-state index in [1.807, 2.05) is 0 Å². The number of phenols is 1. The molecule has 0 bridgehead atoms. The molecule has 1 aliphatic rings. The molecule has 0 unspecified atom stereocenters. The van der Waals surface area contributed by atoms with E-state index in [0.29, 0.717) is 5.56 Å². The first kappa shape index (κ1) is 22.6. The molecular formula is C22H20O11. The van der Waals surface area contributed by atoms with Crippen LogP contribution in [0.2, 0.25) is 0 Å². The summed E-state index contributed by atoms with van der Waals surface area (Å²) in [7, 11) is 1.19. The van der Waals surface area contributed by atoms with Gasteiger partial charge in [-0.05, 0) is 0 Å². The normalized spacial score (nSPS) is 25.0. The number of carboxylic acids is 1. The molecule has 0 radical (unpaired) electrons. The summed E-state index contributed by atoms with van der Waals surface area (Å²) in [6.45, 7) is 0. The smallest absolute Gasteiger partial charge is 0.335 e. The number of benzene rings is 2. The van der Waals surface area contributed by atoms with E-state index in [1.165, 1.54) is 19.2 Å². The lowest BCUT2D eigenvalue weighted by Gasteiger charge is -2.38. The summed E-state index contributed by atoms with van der Waals surface area (Å²) in [5, 5.41) is 49.7. The Morgan fingerprint density at radius 2 is 1.73 bits per heavy atom. The SMILES string of the molecule is COc1c(O[C@H]2O[C@@H](C(=O)O)[C@@H](O)[C@H](O)[C@H]2O)cc2oc(-c3ccccc3)cc(=O)c2c1O. The average molecular weight is 460 g/mol. The van der Waals surface area contributed by atoms with Crippen molar-refractivity contribution >= 4 is 16.9 Å². The monoisotopic (exact) mass is 460 g/mol. The van der Waals surface area contributed by atoms with Crippen LogP contribution in [0.1, 0.15) is 0 Å². The van der Waals surface area contributed by atoms with Gasteiger partial charge in [0.25, 0.3) is 0 Å². The second-order valence-corrected chi connectivity index (χ2v) is 7.32. The molecule has 1 aliphatic heterocycles. The van der Waals surface area contributed by atoms with Gasteiger partial charge >= 0.3 is 5.97 Å². The number of carboxylic acid groups (broad SMARTS) is 1. The number of methoxy groups -OCH3 is 1. The van der Waals surface area contributed by atoms with E-state index in [0.717, 1.165) is 0 Å². The molecule has 11 nitrogen and oxygen atoms in total. The zero-order chi connectivity index (χ0) is 23.9. The Kier molecular flexibility index (Phi) is 5.95. The van der Waals surface area contributed by atoms with Crippen LogP contribution < -0.4 is 14.9 Å². The fourth-order valence-electron chi connectivity index (χ4n) is 3.57. The van der Waals surface area contributed by atoms with Crippen molar-refractivity contribution in [3.8, 4) is 28.6 Å². The maximum absolute atomic E-state index is 12.7. The van der Waals surface area contributed by atoms with Crippen molar-refractivity contribution < 1.29 is 49.0 Å². The number of aliphatic hydroxyl groups is 3. The number of ether oxygens (including phenoxy) is 3. The van der Waals surface area contributed by atoms with Crippen LogP contribution >= 0.6 is 0 Å². The number of fused-ring (bicyclic) bond motifs is 1. The Balaban J connectivity index is 1.80. The van der Waals surface area contributed by atoms with Gasteiger partial charge in [-0.3, -0.25) is 4.79 Å². The van der Waals surface area contributed by atoms with Crippen molar-refractivity contribution in [1.29, 1.82) is 0 Å². The van der Waals surface area contributed by atoms with Gasteiger partial charge in [-0.2, -0.15) is 0 Å². The van der Waals surface area contributed by atoms with Gasteiger partial charge in [-0.25, -0.2) is 4.79 Å². The topological polar surface area (TPSA) is 176 Å². The lowest BCUT2D eigenvalue weighted by Crippen LogP contribution is -2.61. The number of aromatic hydroxyl groups is 1. The van der Waals surface area contributed by atoms with Crippen LogP contribution in [0.3, 0.4) is 0 Å². The highest BCUT2D eigenvalue weighted by Crippen LogP contribution is 2.43. The predicted molar refractivity (Wildman–Crippen MR) is 111 cm³/mol. The molecule has 1 aromatic heterocycles. The molecule has 0 saturated carbocycles. The van der Waals surface area contributed by atoms with Crippen molar-refractivity contribution in [3.63, 3.8) is 0 Å². The van der Waals surface area contributed by atoms with Crippen LogP contribution in [-0.2, 0) is 9.53 Å². The third-order valence-corrected chi connectivity index (χ3v) is 5.23. The Labute approximate surface area is 185 Å². The van der Waals surface area contributed by atoms with E-state index < -0.39 is 47.9 Å². The number of hydrogen-bond donors (Lipinski definition) is 5. The second kappa shape index (κ2) is 8.71. The van der Waals surface area contributed by atoms with Gasteiger partial charge in [-0.1, -0.05) is 30.3 Å². The number of carbonyl (C=O) groups is 1. The average Bonchev–Trinajstić information content (AvgIpc) is 2.79. The fraction of sp³-hybridized carbons (Fsp3) is 0.273. The van der Waals surface area contributed by atoms with Crippen molar-refractivity contribution in [3.05, 3.63) is 52.7 Å². The summed E-state index contributed by atoms with van der Waals surface area (Å²) in [4.78, 5) is 24.0. The molecule has 3 aromatic rings. The number of phenolic OH excluding ortho intramolecular Hbond substituents is 1. The third kappa shape index (κ3) is 3.98. The van der Waals surface area contributed by atoms with Crippen molar-refractivity contribution in [2.45, 2.75) is 30.7 Å². The quantitative estimate of drug-likeness (QED) is 0.357. The second-order valence-electron chi connectivity index (χ2n) is 7.32. The van der Waals surface area contributed by atoms with E-state index in [1.54, 1.807) is 30.3 Å². The lowest BCUT2D eigenvalue weighted by molar-refractivity contribution is -0.271. The highest BCUT2D eigenvalue weighted by molar-refractivity contribution is 5.89. The van der Waals surface area contributed by atoms with Gasteiger partial charge in [0, 0.05) is 17.7 Å². The van der Waals surface area contributed by atoms with Crippen molar-refractivity contribution in [2.24, 2.45) is 0 Å². The van der Waals surface area contributed by atoms with E-state index in [-0.39, 0.29) is 28.2 Å². The molecule has 2 heterocycles. The van der Waals surface area contributed by atoms with Crippen molar-refractivity contribution in [1.82, 2.24) is 0 Å². The molecule has 5 N–H and O–H groups in total. The first-order valence-corrected chi connectivity index (χ1v) is 9.75. The van der Waals surface area contributed by atoms with Gasteiger partial charge in [0.1, 0.15) is 35.0 Å². The highest BCUT2D eigenvalue weighted by Gasteiger charge is 2.48. The first-order chi connectivity index (χ1) is 15.7. The molecule has 4 rings (SSSR count). The number of rotatable bonds is 5. The summed E-state index contributed by atoms with van der Waals surface area (Å²) < 4.78 is 21.5. The van der Waals surface area contributed by atoms with Crippen LogP contribution in [0.4, 0.5) is 0 Å². The minimum Gasteiger partial charge on any atom is -0.504 e. The standard InChI is InChI=1S/C22H20O11/c1-30-19-13(32-22-18(27)16(25)17(26)20(33-22)21(28)29)8-12-14(15(19)24)10(23)7-11(31-12)9-5-3-2-4-6-9/h2-8,16-18,20,22,24-27H,1H3,(H,28,29)/t16-,17-,18+,20+,22-/m0/s1. The Bertz CT molecular complexity index is 1240. The summed E-state index contributed by atoms with van der Waals surface area (Å²) in [6, 6.07) is 11.1. The zero-order valence-electron chi connectivity index (χ0n) is 17.1. The highest BCUT2D eigenvalue weighted by atomic mass is 16.7. The van der Waals surface area contributed by atoms with E-state index in [4.69, 9.17) is 18.6 Å². The molecule has 2 aromatic carbocycles. The van der Waals surface area contributed by atoms with Crippen LogP contribution in [0.25, 0.3) is 22.3 Å². The van der Waals surface area contributed by atoms with Gasteiger partial charge < -0.3 is 44.2 Å². The van der Waals surface area contributed by atoms with Gasteiger partial charge in [-0.15, -0.1) is 0 Å². The lowest BCUT2D eigenvalue weighted by atomic mass is 9.99. The van der Waals surface area contributed by atoms with Crippen LogP contribution in [0, 0.1) is 0 Å². The molecule has 11 heteroatoms. The summed E-state index contributed by atoms with van der Waals surface area (Å²) in [5.41, 5.74) is -0.0482. The Morgan fingerprint density at radius 3 is 2.36 bits per heavy atom. The summed E-state index contributed by atoms with van der Waals surface area (Å²) in [5.74, 6) is -2.58. The van der Waals surface area contributed by atoms with E-state index >= 15 is 0 Å². The van der Waals surface area contributed by atoms with Gasteiger partial charge in [0.15, 0.2) is 23.0 Å². The molecular weight excluding hydrogens is 440 g/mol. The zero-order valence-corrected chi connectivity index (χ0v) is 17.1. The minimum absolute atomic E-state index is 0.0877. The number of aliphatic hydroxyl groups excluding tert-OH is 3. The van der Waals surface area contributed by atoms with Gasteiger partial charge in [0.05, 0.1) is 7.11 Å². The Morgan fingerprint density at radius 1 is 1.03 bits per heavy atom. The van der Waals surface area contributed by atoms with Crippen molar-refractivity contribution in [2.75, 3.05) is 7.11 Å². The maximum Gasteiger partial charge on any atom is 0.335 e. The van der Waals surface area contributed by atoms with Crippen LogP contribution in [0.5, 0.6) is 17.2 Å². The molecule has 5 atom stereocenters. The molecule has 1 saturated heterocycles. The van der Waals surface area contributed by atoms with E-state index in [2.05, 4.69) is 0 Å². The Hall–Kier alpha value is -3.64. The molecule has 174 valence electrons. The summed E-state index contributed by atoms with van der Waals surface area (Å²) >= 11 is 0. The largest absolute Gasteiger partial charge is 0.504 e. The first-order valence-electron chi connectivity index (χ1n) is 9.75. The summed E-state index contributed by atoms with van der Waals surface area (Å²) in [6.07, 6.45) is -9.31. The van der Waals surface area contributed by atoms with Crippen LogP contribution in [0.15, 0.2) is 51.7 Å². The third-order valence-electron chi connectivity index (χ3n) is 5.23. The molecule has 0 spiro atoms. The van der Waals surface area contributed by atoms with Crippen LogP contribution in [-0.4, -0.2) is 69.3 Å². The predicted octanol–water partition coefficient (Wildman–Crippen LogP) is 0.445. The molecule has 0 amide bonds. The molecule has 33 heavy (non-hydrogen) atoms. The number of aliphatic carboxylic acids is 1. The van der Waals surface area contributed by atoms with Gasteiger partial charge in [0.2, 0.25) is 12.0 Å². The fourth-order valence-corrected chi connectivity index (χ4v) is 3.57. The van der Waals surface area contributed by atoms with E-state index in [9.17, 15) is 35.1 Å². The molecule has 0 aliphatic carbocycles. The molecule has 1 fully saturated rings.